The van der Waals surface area contributed by atoms with Gasteiger partial charge >= 0.3 is 0 Å². The molecular weight excluding hydrogens is 464 g/mol. The van der Waals surface area contributed by atoms with Crippen molar-refractivity contribution in [3.8, 4) is 28.7 Å². The molecule has 2 aliphatic rings. The van der Waals surface area contributed by atoms with Crippen LogP contribution in [0.15, 0.2) is 49.2 Å². The lowest BCUT2D eigenvalue weighted by atomic mass is 10.1. The van der Waals surface area contributed by atoms with E-state index >= 15 is 0 Å². The Kier molecular flexibility index (Phi) is 5.23. The van der Waals surface area contributed by atoms with E-state index in [-0.39, 0.29) is 6.10 Å². The summed E-state index contributed by atoms with van der Waals surface area (Å²) in [7, 11) is 0. The van der Waals surface area contributed by atoms with Crippen molar-refractivity contribution in [1.29, 1.82) is 0 Å². The highest BCUT2D eigenvalue weighted by Gasteiger charge is 2.33. The molecule has 0 atom stereocenters. The van der Waals surface area contributed by atoms with Crippen molar-refractivity contribution in [2.75, 3.05) is 0 Å². The van der Waals surface area contributed by atoms with Crippen LogP contribution in [0.1, 0.15) is 55.5 Å². The van der Waals surface area contributed by atoms with E-state index < -0.39 is 0 Å². The van der Waals surface area contributed by atoms with Gasteiger partial charge in [0.2, 0.25) is 5.88 Å². The van der Waals surface area contributed by atoms with Gasteiger partial charge < -0.3 is 9.30 Å². The number of nitrogens with zero attached hydrogens (tertiary/aromatic N) is 8. The molecule has 1 aromatic carbocycles. The molecule has 5 aromatic rings. The van der Waals surface area contributed by atoms with Gasteiger partial charge in [0.25, 0.3) is 0 Å². The molecule has 0 N–H and O–H groups in total. The van der Waals surface area contributed by atoms with Crippen LogP contribution in [0.2, 0.25) is 0 Å². The van der Waals surface area contributed by atoms with E-state index in [0.717, 1.165) is 77.2 Å². The lowest BCUT2D eigenvalue weighted by molar-refractivity contribution is 0.291. The van der Waals surface area contributed by atoms with Crippen molar-refractivity contribution >= 4 is 11.0 Å². The van der Waals surface area contributed by atoms with Crippen LogP contribution >= 0.6 is 0 Å². The molecule has 9 nitrogen and oxygen atoms in total. The minimum atomic E-state index is 0.234. The fraction of sp³-hybridized carbons (Fsp3) is 0.357. The van der Waals surface area contributed by atoms with Gasteiger partial charge in [-0.25, -0.2) is 29.6 Å². The third-order valence-corrected chi connectivity index (χ3v) is 6.99. The first kappa shape index (κ1) is 22.1. The Balaban J connectivity index is 1.22. The van der Waals surface area contributed by atoms with Crippen LogP contribution in [0.3, 0.4) is 0 Å². The molecule has 0 amide bonds. The van der Waals surface area contributed by atoms with Gasteiger partial charge in [-0.1, -0.05) is 24.3 Å². The highest BCUT2D eigenvalue weighted by Crippen LogP contribution is 2.45. The van der Waals surface area contributed by atoms with Gasteiger partial charge in [-0.3, -0.25) is 0 Å². The highest BCUT2D eigenvalue weighted by molar-refractivity contribution is 5.77. The number of ether oxygens (including phenoxy) is 1. The first-order valence-electron chi connectivity index (χ1n) is 13.0. The SMILES string of the molecule is CCn1cc(C)nc1-c1ccc(Cn2ncc3cnc(-c4c(OC5CC5)ncnc4C4CC4)nc32)cc1. The Morgan fingerprint density at radius 1 is 0.973 bits per heavy atom. The number of rotatable bonds is 8. The van der Waals surface area contributed by atoms with Crippen LogP contribution in [-0.4, -0.2) is 45.4 Å². The molecule has 7 rings (SSSR count). The zero-order chi connectivity index (χ0) is 24.9. The fourth-order valence-electron chi connectivity index (χ4n) is 4.74. The van der Waals surface area contributed by atoms with Gasteiger partial charge in [-0.2, -0.15) is 5.10 Å². The van der Waals surface area contributed by atoms with Gasteiger partial charge in [0.1, 0.15) is 23.8 Å². The summed E-state index contributed by atoms with van der Waals surface area (Å²) in [6.45, 7) is 5.66. The molecular formula is C28H28N8O. The van der Waals surface area contributed by atoms with Gasteiger partial charge in [-0.05, 0) is 45.1 Å². The molecule has 0 bridgehead atoms. The predicted octanol–water partition coefficient (Wildman–Crippen LogP) is 4.94. The molecule has 0 unspecified atom stereocenters. The smallest absolute Gasteiger partial charge is 0.228 e. The van der Waals surface area contributed by atoms with Crippen LogP contribution in [-0.2, 0) is 13.1 Å². The zero-order valence-electron chi connectivity index (χ0n) is 21.0. The summed E-state index contributed by atoms with van der Waals surface area (Å²) in [5.74, 6) is 2.62. The highest BCUT2D eigenvalue weighted by atomic mass is 16.5. The van der Waals surface area contributed by atoms with E-state index in [2.05, 4.69) is 62.0 Å². The van der Waals surface area contributed by atoms with Gasteiger partial charge in [0.15, 0.2) is 11.5 Å². The third kappa shape index (κ3) is 4.24. The molecule has 9 heteroatoms. The minimum absolute atomic E-state index is 0.234. The lowest BCUT2D eigenvalue weighted by Gasteiger charge is -2.12. The number of imidazole rings is 1. The van der Waals surface area contributed by atoms with Crippen molar-refractivity contribution in [2.24, 2.45) is 0 Å². The fourth-order valence-corrected chi connectivity index (χ4v) is 4.74. The Hall–Kier alpha value is -4.14. The zero-order valence-corrected chi connectivity index (χ0v) is 21.0. The van der Waals surface area contributed by atoms with Crippen LogP contribution in [0, 0.1) is 6.92 Å². The Morgan fingerprint density at radius 3 is 2.57 bits per heavy atom. The number of hydrogen-bond acceptors (Lipinski definition) is 7. The molecule has 2 fully saturated rings. The van der Waals surface area contributed by atoms with Crippen molar-refractivity contribution in [3.63, 3.8) is 0 Å². The maximum Gasteiger partial charge on any atom is 0.228 e. The monoisotopic (exact) mass is 492 g/mol. The lowest BCUT2D eigenvalue weighted by Crippen LogP contribution is -2.07. The molecule has 2 aliphatic carbocycles. The van der Waals surface area contributed by atoms with E-state index in [0.29, 0.717) is 24.2 Å². The summed E-state index contributed by atoms with van der Waals surface area (Å²) in [5.41, 5.74) is 5.88. The van der Waals surface area contributed by atoms with E-state index in [1.807, 2.05) is 24.0 Å². The van der Waals surface area contributed by atoms with Crippen molar-refractivity contribution < 1.29 is 4.74 Å². The average molecular weight is 493 g/mol. The molecule has 0 spiro atoms. The largest absolute Gasteiger partial charge is 0.474 e. The van der Waals surface area contributed by atoms with Crippen LogP contribution < -0.4 is 4.74 Å². The quantitative estimate of drug-likeness (QED) is 0.303. The van der Waals surface area contributed by atoms with E-state index in [1.54, 1.807) is 6.33 Å². The molecule has 186 valence electrons. The molecule has 0 radical (unpaired) electrons. The molecule has 37 heavy (non-hydrogen) atoms. The number of fused-ring (bicyclic) bond motifs is 1. The van der Waals surface area contributed by atoms with E-state index in [9.17, 15) is 0 Å². The predicted molar refractivity (Wildman–Crippen MR) is 139 cm³/mol. The molecule has 4 heterocycles. The van der Waals surface area contributed by atoms with Crippen molar-refractivity contribution in [1.82, 2.24) is 39.3 Å². The van der Waals surface area contributed by atoms with Gasteiger partial charge in [0.05, 0.1) is 29.5 Å². The summed E-state index contributed by atoms with van der Waals surface area (Å²) < 4.78 is 10.3. The minimum Gasteiger partial charge on any atom is -0.474 e. The van der Waals surface area contributed by atoms with Crippen LogP contribution in [0.25, 0.3) is 33.8 Å². The summed E-state index contributed by atoms with van der Waals surface area (Å²) >= 11 is 0. The summed E-state index contributed by atoms with van der Waals surface area (Å²) in [6, 6.07) is 8.51. The number of hydrogen-bond donors (Lipinski definition) is 0. The number of aryl methyl sites for hydroxylation is 2. The molecule has 4 aromatic heterocycles. The Bertz CT molecular complexity index is 1590. The second kappa shape index (κ2) is 8.76. The normalized spacial score (nSPS) is 15.4. The van der Waals surface area contributed by atoms with Gasteiger partial charge in [0, 0.05) is 30.4 Å². The second-order valence-corrected chi connectivity index (χ2v) is 9.99. The molecule has 0 aliphatic heterocycles. The molecule has 2 saturated carbocycles. The average Bonchev–Trinajstić information content (AvgIpc) is 3.85. The van der Waals surface area contributed by atoms with E-state index in [1.165, 1.54) is 0 Å². The second-order valence-electron chi connectivity index (χ2n) is 9.99. The summed E-state index contributed by atoms with van der Waals surface area (Å²) in [4.78, 5) is 23.4. The van der Waals surface area contributed by atoms with Crippen LogP contribution in [0.4, 0.5) is 0 Å². The first-order chi connectivity index (χ1) is 18.2. The number of aromatic nitrogens is 8. The maximum absolute atomic E-state index is 6.15. The van der Waals surface area contributed by atoms with Gasteiger partial charge in [-0.15, -0.1) is 0 Å². The summed E-state index contributed by atoms with van der Waals surface area (Å²) in [5, 5.41) is 5.52. The van der Waals surface area contributed by atoms with Crippen LogP contribution in [0.5, 0.6) is 5.88 Å². The van der Waals surface area contributed by atoms with E-state index in [4.69, 9.17) is 14.7 Å². The Morgan fingerprint density at radius 2 is 1.81 bits per heavy atom. The van der Waals surface area contributed by atoms with Crippen molar-refractivity contribution in [2.45, 2.75) is 64.6 Å². The standard InChI is InChI=1S/C28H28N8O/c1-3-35-14-17(2)33-26(35)20-6-4-18(5-7-20)15-36-27-21(13-32-36)12-29-25(34-27)23-24(19-8-9-19)30-16-31-28(23)37-22-10-11-22/h4-7,12-14,16,19,22H,3,8-11,15H2,1-2H3. The number of benzene rings is 1. The van der Waals surface area contributed by atoms with Crippen molar-refractivity contribution in [3.05, 3.63) is 66.1 Å². The topological polar surface area (TPSA) is 96.4 Å². The first-order valence-corrected chi connectivity index (χ1v) is 13.0. The molecule has 0 saturated heterocycles. The third-order valence-electron chi connectivity index (χ3n) is 6.99. The Labute approximate surface area is 214 Å². The summed E-state index contributed by atoms with van der Waals surface area (Å²) in [6.07, 6.45) is 12.0. The maximum atomic E-state index is 6.15.